The van der Waals surface area contributed by atoms with Crippen LogP contribution in [0.1, 0.15) is 0 Å². The van der Waals surface area contributed by atoms with Gasteiger partial charge < -0.3 is 9.84 Å². The number of nitrogens with zero attached hydrogens (tertiary/aromatic N) is 1. The summed E-state index contributed by atoms with van der Waals surface area (Å²) in [6.07, 6.45) is 0. The van der Waals surface area contributed by atoms with E-state index in [0.717, 1.165) is 0 Å². The van der Waals surface area contributed by atoms with Crippen molar-refractivity contribution in [3.63, 3.8) is 0 Å². The van der Waals surface area contributed by atoms with Gasteiger partial charge in [0, 0.05) is 20.2 Å². The van der Waals surface area contributed by atoms with Crippen LogP contribution < -0.4 is 0 Å². The monoisotopic (exact) mass is 223 g/mol. The Labute approximate surface area is 82.5 Å². The molecule has 82 valence electrons. The first-order valence-electron chi connectivity index (χ1n) is 4.17. The zero-order chi connectivity index (χ0) is 10.8. The van der Waals surface area contributed by atoms with Gasteiger partial charge in [0.25, 0.3) is 0 Å². The van der Waals surface area contributed by atoms with Crippen molar-refractivity contribution in [2.24, 2.45) is 5.92 Å². The van der Waals surface area contributed by atoms with Crippen molar-refractivity contribution in [1.82, 2.24) is 4.31 Å². The summed E-state index contributed by atoms with van der Waals surface area (Å²) in [6, 6.07) is 0. The van der Waals surface area contributed by atoms with Gasteiger partial charge in [-0.3, -0.25) is 4.79 Å². The fraction of sp³-hybridized carbons (Fsp3) is 0.857. The average Bonchev–Trinajstić information content (AvgIpc) is 1.96. The lowest BCUT2D eigenvalue weighted by Crippen LogP contribution is -2.53. The van der Waals surface area contributed by atoms with Crippen molar-refractivity contribution in [2.45, 2.75) is 0 Å². The Morgan fingerprint density at radius 2 is 2.14 bits per heavy atom. The van der Waals surface area contributed by atoms with Crippen molar-refractivity contribution >= 4 is 16.0 Å². The summed E-state index contributed by atoms with van der Waals surface area (Å²) in [5.41, 5.74) is 0. The first-order valence-corrected chi connectivity index (χ1v) is 5.78. The van der Waals surface area contributed by atoms with Crippen LogP contribution >= 0.6 is 0 Å². The number of methoxy groups -OCH3 is 1. The van der Waals surface area contributed by atoms with E-state index in [2.05, 4.69) is 4.74 Å². The van der Waals surface area contributed by atoms with E-state index in [1.54, 1.807) is 0 Å². The van der Waals surface area contributed by atoms with Crippen LogP contribution in [0.3, 0.4) is 0 Å². The highest BCUT2D eigenvalue weighted by Crippen LogP contribution is 2.19. The third kappa shape index (κ3) is 2.43. The van der Waals surface area contributed by atoms with Crippen LogP contribution in [0.5, 0.6) is 0 Å². The van der Waals surface area contributed by atoms with Crippen LogP contribution in [0.15, 0.2) is 0 Å². The first-order chi connectivity index (χ1) is 6.47. The number of hydrogen-bond donors (Lipinski definition) is 1. The standard InChI is InChI=1S/C7H13NO5S/c1-13-2-3-14(11,12)8-4-6(5-8)7(9)10/h6H,2-5H2,1H3,(H,9,10). The van der Waals surface area contributed by atoms with E-state index in [1.165, 1.54) is 11.4 Å². The van der Waals surface area contributed by atoms with Crippen LogP contribution in [0, 0.1) is 5.92 Å². The molecule has 0 aromatic rings. The predicted molar refractivity (Wildman–Crippen MR) is 48.4 cm³/mol. The van der Waals surface area contributed by atoms with E-state index >= 15 is 0 Å². The molecule has 0 radical (unpaired) electrons. The van der Waals surface area contributed by atoms with E-state index in [9.17, 15) is 13.2 Å². The molecule has 0 spiro atoms. The van der Waals surface area contributed by atoms with E-state index in [4.69, 9.17) is 5.11 Å². The Hall–Kier alpha value is -0.660. The number of sulfonamides is 1. The van der Waals surface area contributed by atoms with Crippen molar-refractivity contribution in [3.05, 3.63) is 0 Å². The zero-order valence-electron chi connectivity index (χ0n) is 7.84. The largest absolute Gasteiger partial charge is 0.481 e. The molecule has 1 rings (SSSR count). The van der Waals surface area contributed by atoms with E-state index < -0.39 is 21.9 Å². The van der Waals surface area contributed by atoms with Crippen LogP contribution in [0.4, 0.5) is 0 Å². The minimum absolute atomic E-state index is 0.0847. The van der Waals surface area contributed by atoms with E-state index in [1.807, 2.05) is 0 Å². The maximum atomic E-state index is 11.4. The zero-order valence-corrected chi connectivity index (χ0v) is 8.66. The first kappa shape index (κ1) is 11.4. The average molecular weight is 223 g/mol. The number of ether oxygens (including phenoxy) is 1. The van der Waals surface area contributed by atoms with Crippen LogP contribution in [-0.4, -0.2) is 56.4 Å². The molecular formula is C7H13NO5S. The van der Waals surface area contributed by atoms with Gasteiger partial charge in [0.2, 0.25) is 10.0 Å². The molecule has 1 aliphatic rings. The minimum Gasteiger partial charge on any atom is -0.481 e. The van der Waals surface area contributed by atoms with Crippen molar-refractivity contribution in [3.8, 4) is 0 Å². The fourth-order valence-electron chi connectivity index (χ4n) is 1.14. The molecule has 0 aliphatic carbocycles. The summed E-state index contributed by atoms with van der Waals surface area (Å²) in [7, 11) is -1.88. The highest BCUT2D eigenvalue weighted by molar-refractivity contribution is 7.89. The molecule has 0 aromatic heterocycles. The maximum Gasteiger partial charge on any atom is 0.309 e. The van der Waals surface area contributed by atoms with Crippen LogP contribution in [0.2, 0.25) is 0 Å². The SMILES string of the molecule is COCCS(=O)(=O)N1CC(C(=O)O)C1. The molecule has 6 nitrogen and oxygen atoms in total. The minimum atomic E-state index is -3.31. The third-order valence-electron chi connectivity index (χ3n) is 2.14. The van der Waals surface area contributed by atoms with Gasteiger partial charge >= 0.3 is 5.97 Å². The quantitative estimate of drug-likeness (QED) is 0.645. The Kier molecular flexibility index (Phi) is 3.46. The maximum absolute atomic E-state index is 11.4. The molecule has 1 saturated heterocycles. The van der Waals surface area contributed by atoms with Crippen LogP contribution in [-0.2, 0) is 19.6 Å². The molecule has 1 aliphatic heterocycles. The molecule has 0 saturated carbocycles. The molecule has 0 atom stereocenters. The van der Waals surface area contributed by atoms with Crippen LogP contribution in [0.25, 0.3) is 0 Å². The second-order valence-electron chi connectivity index (χ2n) is 3.16. The third-order valence-corrected chi connectivity index (χ3v) is 3.90. The number of carboxylic acids is 1. The fourth-order valence-corrected chi connectivity index (χ4v) is 2.59. The normalized spacial score (nSPS) is 19.2. The highest BCUT2D eigenvalue weighted by atomic mass is 32.2. The molecule has 14 heavy (non-hydrogen) atoms. The Bertz CT molecular complexity index is 306. The molecule has 0 aromatic carbocycles. The lowest BCUT2D eigenvalue weighted by Gasteiger charge is -2.35. The summed E-state index contributed by atoms with van der Waals surface area (Å²) in [5.74, 6) is -1.58. The van der Waals surface area contributed by atoms with Gasteiger partial charge in [-0.05, 0) is 0 Å². The Morgan fingerprint density at radius 3 is 2.57 bits per heavy atom. The van der Waals surface area contributed by atoms with Crippen molar-refractivity contribution in [2.75, 3.05) is 32.6 Å². The lowest BCUT2D eigenvalue weighted by molar-refractivity contribution is -0.145. The molecule has 1 N–H and O–H groups in total. The van der Waals surface area contributed by atoms with Crippen molar-refractivity contribution < 1.29 is 23.1 Å². The summed E-state index contributed by atoms with van der Waals surface area (Å²) in [6.45, 7) is 0.305. The number of carbonyl (C=O) groups is 1. The summed E-state index contributed by atoms with van der Waals surface area (Å²) in [5, 5.41) is 8.55. The molecule has 0 amide bonds. The number of aliphatic carboxylic acids is 1. The highest BCUT2D eigenvalue weighted by Gasteiger charge is 2.39. The molecule has 0 bridgehead atoms. The number of hydrogen-bond acceptors (Lipinski definition) is 4. The summed E-state index contributed by atoms with van der Waals surface area (Å²) >= 11 is 0. The summed E-state index contributed by atoms with van der Waals surface area (Å²) < 4.78 is 28.6. The van der Waals surface area contributed by atoms with Gasteiger partial charge in [0.05, 0.1) is 18.3 Å². The second-order valence-corrected chi connectivity index (χ2v) is 5.25. The van der Waals surface area contributed by atoms with Gasteiger partial charge in [-0.25, -0.2) is 12.7 Å². The molecule has 1 fully saturated rings. The van der Waals surface area contributed by atoms with Gasteiger partial charge in [-0.15, -0.1) is 0 Å². The van der Waals surface area contributed by atoms with Gasteiger partial charge in [-0.2, -0.15) is 0 Å². The molecule has 1 heterocycles. The predicted octanol–water partition coefficient (Wildman–Crippen LogP) is -1.02. The van der Waals surface area contributed by atoms with E-state index in [0.29, 0.717) is 0 Å². The Morgan fingerprint density at radius 1 is 1.57 bits per heavy atom. The number of carboxylic acid groups (broad SMARTS) is 1. The second kappa shape index (κ2) is 4.24. The van der Waals surface area contributed by atoms with Gasteiger partial charge in [-0.1, -0.05) is 0 Å². The van der Waals surface area contributed by atoms with Crippen molar-refractivity contribution in [1.29, 1.82) is 0 Å². The topological polar surface area (TPSA) is 83.9 Å². The lowest BCUT2D eigenvalue weighted by atomic mass is 10.0. The summed E-state index contributed by atoms with van der Waals surface area (Å²) in [4.78, 5) is 10.4. The van der Waals surface area contributed by atoms with E-state index in [-0.39, 0.29) is 25.4 Å². The Balaban J connectivity index is 2.42. The smallest absolute Gasteiger partial charge is 0.309 e. The van der Waals surface area contributed by atoms with Gasteiger partial charge in [0.15, 0.2) is 0 Å². The molecule has 7 heteroatoms. The number of rotatable bonds is 5. The van der Waals surface area contributed by atoms with Gasteiger partial charge in [0.1, 0.15) is 0 Å². The molecular weight excluding hydrogens is 210 g/mol. The molecule has 0 unspecified atom stereocenters.